The fourth-order valence-corrected chi connectivity index (χ4v) is 4.48. The predicted octanol–water partition coefficient (Wildman–Crippen LogP) is 3.77. The topological polar surface area (TPSA) is 58.2 Å². The third-order valence-electron chi connectivity index (χ3n) is 4.23. The van der Waals surface area contributed by atoms with Crippen molar-refractivity contribution in [3.8, 4) is 0 Å². The second kappa shape index (κ2) is 5.57. The summed E-state index contributed by atoms with van der Waals surface area (Å²) in [5.41, 5.74) is 5.74. The van der Waals surface area contributed by atoms with Gasteiger partial charge in [-0.2, -0.15) is 0 Å². The van der Waals surface area contributed by atoms with Gasteiger partial charge in [-0.1, -0.05) is 17.7 Å². The second-order valence-corrected chi connectivity index (χ2v) is 8.13. The van der Waals surface area contributed by atoms with E-state index in [1.165, 1.54) is 0 Å². The smallest absolute Gasteiger partial charge is 0.261 e. The average molecular weight is 330 g/mol. The standard InChI is InChI=1S/C18H22N2O2S/c1-11-7-12(2)18(13(3)8-11)20-23(21,22)16-5-6-17-15(10-16)9-14(4)19-17/h5-8,10,14,19-20H,9H2,1-4H3. The zero-order valence-electron chi connectivity index (χ0n) is 13.9. The summed E-state index contributed by atoms with van der Waals surface area (Å²) in [6, 6.07) is 9.59. The molecule has 0 aromatic heterocycles. The average Bonchev–Trinajstić information content (AvgIpc) is 2.82. The monoisotopic (exact) mass is 330 g/mol. The molecule has 2 N–H and O–H groups in total. The third kappa shape index (κ3) is 3.06. The van der Waals surface area contributed by atoms with E-state index in [1.54, 1.807) is 12.1 Å². The Bertz CT molecular complexity index is 850. The van der Waals surface area contributed by atoms with Crippen LogP contribution in [0.15, 0.2) is 35.2 Å². The first-order valence-corrected chi connectivity index (χ1v) is 9.25. The van der Waals surface area contributed by atoms with Crippen molar-refractivity contribution in [1.82, 2.24) is 0 Å². The van der Waals surface area contributed by atoms with E-state index < -0.39 is 10.0 Å². The van der Waals surface area contributed by atoms with E-state index in [1.807, 2.05) is 39.0 Å². The highest BCUT2D eigenvalue weighted by Gasteiger charge is 2.22. The number of anilines is 2. The Labute approximate surface area is 138 Å². The summed E-state index contributed by atoms with van der Waals surface area (Å²) in [7, 11) is -3.59. The van der Waals surface area contributed by atoms with Gasteiger partial charge in [0.2, 0.25) is 0 Å². The van der Waals surface area contributed by atoms with Gasteiger partial charge >= 0.3 is 0 Å². The number of sulfonamides is 1. The van der Waals surface area contributed by atoms with Crippen molar-refractivity contribution in [3.05, 3.63) is 52.6 Å². The van der Waals surface area contributed by atoms with Gasteiger partial charge in [-0.3, -0.25) is 4.72 Å². The lowest BCUT2D eigenvalue weighted by molar-refractivity contribution is 0.601. The Morgan fingerprint density at radius 3 is 2.39 bits per heavy atom. The molecule has 2 aromatic carbocycles. The van der Waals surface area contributed by atoms with E-state index in [0.29, 0.717) is 16.6 Å². The molecule has 0 radical (unpaired) electrons. The fourth-order valence-electron chi connectivity index (χ4n) is 3.23. The van der Waals surface area contributed by atoms with Gasteiger partial charge in [0, 0.05) is 11.7 Å². The molecule has 23 heavy (non-hydrogen) atoms. The summed E-state index contributed by atoms with van der Waals surface area (Å²) in [5, 5.41) is 3.33. The molecule has 4 nitrogen and oxygen atoms in total. The predicted molar refractivity (Wildman–Crippen MR) is 94.7 cm³/mol. The molecule has 1 atom stereocenters. The van der Waals surface area contributed by atoms with Gasteiger partial charge in [0.05, 0.1) is 10.6 Å². The Hall–Kier alpha value is -2.01. The number of hydrogen-bond acceptors (Lipinski definition) is 3. The summed E-state index contributed by atoms with van der Waals surface area (Å²) >= 11 is 0. The zero-order chi connectivity index (χ0) is 16.8. The van der Waals surface area contributed by atoms with Crippen LogP contribution in [0.2, 0.25) is 0 Å². The maximum Gasteiger partial charge on any atom is 0.261 e. The van der Waals surface area contributed by atoms with Crippen molar-refractivity contribution in [2.45, 2.75) is 45.1 Å². The van der Waals surface area contributed by atoms with E-state index in [4.69, 9.17) is 0 Å². The normalized spacial score (nSPS) is 16.8. The molecule has 0 saturated heterocycles. The van der Waals surface area contributed by atoms with Crippen molar-refractivity contribution in [2.24, 2.45) is 0 Å². The molecule has 1 aliphatic heterocycles. The minimum Gasteiger partial charge on any atom is -0.382 e. The Morgan fingerprint density at radius 1 is 1.09 bits per heavy atom. The lowest BCUT2D eigenvalue weighted by atomic mass is 10.1. The lowest BCUT2D eigenvalue weighted by Crippen LogP contribution is -2.15. The first-order chi connectivity index (χ1) is 10.8. The Kier molecular flexibility index (Phi) is 3.84. The Morgan fingerprint density at radius 2 is 1.74 bits per heavy atom. The number of nitrogens with one attached hydrogen (secondary N) is 2. The summed E-state index contributed by atoms with van der Waals surface area (Å²) < 4.78 is 28.2. The Balaban J connectivity index is 1.96. The molecule has 1 unspecified atom stereocenters. The molecule has 0 aliphatic carbocycles. The molecule has 1 heterocycles. The molecule has 0 bridgehead atoms. The van der Waals surface area contributed by atoms with Crippen LogP contribution >= 0.6 is 0 Å². The number of aryl methyl sites for hydroxylation is 3. The summed E-state index contributed by atoms with van der Waals surface area (Å²) in [4.78, 5) is 0.312. The molecule has 1 aliphatic rings. The van der Waals surface area contributed by atoms with Crippen LogP contribution in [-0.2, 0) is 16.4 Å². The van der Waals surface area contributed by atoms with E-state index in [0.717, 1.165) is 34.4 Å². The van der Waals surface area contributed by atoms with Crippen LogP contribution < -0.4 is 10.0 Å². The quantitative estimate of drug-likeness (QED) is 0.900. The first kappa shape index (κ1) is 15.9. The van der Waals surface area contributed by atoms with Gasteiger partial charge in [0.15, 0.2) is 0 Å². The zero-order valence-corrected chi connectivity index (χ0v) is 14.7. The van der Waals surface area contributed by atoms with E-state index in [9.17, 15) is 8.42 Å². The lowest BCUT2D eigenvalue weighted by Gasteiger charge is -2.15. The highest BCUT2D eigenvalue weighted by atomic mass is 32.2. The molecule has 0 spiro atoms. The highest BCUT2D eigenvalue weighted by Crippen LogP contribution is 2.30. The van der Waals surface area contributed by atoms with Crippen LogP contribution in [0.3, 0.4) is 0 Å². The van der Waals surface area contributed by atoms with Gasteiger partial charge in [-0.15, -0.1) is 0 Å². The number of rotatable bonds is 3. The molecule has 0 saturated carbocycles. The van der Waals surface area contributed by atoms with Gasteiger partial charge < -0.3 is 5.32 Å². The highest BCUT2D eigenvalue weighted by molar-refractivity contribution is 7.92. The largest absolute Gasteiger partial charge is 0.382 e. The summed E-state index contributed by atoms with van der Waals surface area (Å²) in [5.74, 6) is 0. The maximum absolute atomic E-state index is 12.7. The van der Waals surface area contributed by atoms with Crippen molar-refractivity contribution in [2.75, 3.05) is 10.0 Å². The number of hydrogen-bond donors (Lipinski definition) is 2. The van der Waals surface area contributed by atoms with Crippen LogP contribution in [0.5, 0.6) is 0 Å². The van der Waals surface area contributed by atoms with Gasteiger partial charge in [-0.05, 0) is 69.0 Å². The van der Waals surface area contributed by atoms with Crippen LogP contribution in [0, 0.1) is 20.8 Å². The van der Waals surface area contributed by atoms with Gasteiger partial charge in [0.1, 0.15) is 0 Å². The van der Waals surface area contributed by atoms with Gasteiger partial charge in [-0.25, -0.2) is 8.42 Å². The van der Waals surface area contributed by atoms with Gasteiger partial charge in [0.25, 0.3) is 10.0 Å². The van der Waals surface area contributed by atoms with Crippen molar-refractivity contribution in [1.29, 1.82) is 0 Å². The molecule has 2 aromatic rings. The molecule has 3 rings (SSSR count). The second-order valence-electron chi connectivity index (χ2n) is 6.45. The molecule has 5 heteroatoms. The molecule has 122 valence electrons. The fraction of sp³-hybridized carbons (Fsp3) is 0.333. The van der Waals surface area contributed by atoms with E-state index >= 15 is 0 Å². The first-order valence-electron chi connectivity index (χ1n) is 7.76. The van der Waals surface area contributed by atoms with Crippen LogP contribution in [0.25, 0.3) is 0 Å². The minimum absolute atomic E-state index is 0.312. The van der Waals surface area contributed by atoms with Crippen molar-refractivity contribution in [3.63, 3.8) is 0 Å². The number of fused-ring (bicyclic) bond motifs is 1. The molecule has 0 fully saturated rings. The van der Waals surface area contributed by atoms with Crippen molar-refractivity contribution >= 4 is 21.4 Å². The van der Waals surface area contributed by atoms with E-state index in [-0.39, 0.29) is 0 Å². The SMILES string of the molecule is Cc1cc(C)c(NS(=O)(=O)c2ccc3c(c2)CC(C)N3)c(C)c1. The summed E-state index contributed by atoms with van der Waals surface area (Å²) in [6.45, 7) is 7.94. The minimum atomic E-state index is -3.59. The summed E-state index contributed by atoms with van der Waals surface area (Å²) in [6.07, 6.45) is 0.848. The maximum atomic E-state index is 12.7. The molecular formula is C18H22N2O2S. The molecule has 0 amide bonds. The van der Waals surface area contributed by atoms with Crippen LogP contribution in [-0.4, -0.2) is 14.5 Å². The molecular weight excluding hydrogens is 308 g/mol. The van der Waals surface area contributed by atoms with Crippen LogP contribution in [0.4, 0.5) is 11.4 Å². The third-order valence-corrected chi connectivity index (χ3v) is 5.58. The van der Waals surface area contributed by atoms with Crippen molar-refractivity contribution < 1.29 is 8.42 Å². The van der Waals surface area contributed by atoms with Crippen LogP contribution in [0.1, 0.15) is 29.2 Å². The van der Waals surface area contributed by atoms with E-state index in [2.05, 4.69) is 17.0 Å². The number of benzene rings is 2.